The average Bonchev–Trinajstić information content (AvgIpc) is 2.72. The van der Waals surface area contributed by atoms with Gasteiger partial charge in [-0.2, -0.15) is 8.78 Å². The van der Waals surface area contributed by atoms with Crippen LogP contribution in [0.25, 0.3) is 0 Å². The van der Waals surface area contributed by atoms with E-state index in [2.05, 4.69) is 14.5 Å². The Morgan fingerprint density at radius 1 is 1.00 bits per heavy atom. The molecule has 2 aliphatic heterocycles. The Kier molecular flexibility index (Phi) is 8.06. The lowest BCUT2D eigenvalue weighted by Crippen LogP contribution is -2.50. The van der Waals surface area contributed by atoms with Crippen molar-refractivity contribution in [3.8, 4) is 11.5 Å². The summed E-state index contributed by atoms with van der Waals surface area (Å²) in [7, 11) is 0. The lowest BCUT2D eigenvalue weighted by atomic mass is 10.1. The number of halogens is 2. The molecule has 0 atom stereocenters. The number of carbonyl (C=O) groups excluding carboxylic acids is 1. The topological polar surface area (TPSA) is 45.2 Å². The minimum Gasteiger partial charge on any atom is -0.490 e. The number of ether oxygens (including phenoxy) is 2. The van der Waals surface area contributed by atoms with Gasteiger partial charge in [-0.1, -0.05) is 6.07 Å². The second-order valence-electron chi connectivity index (χ2n) is 7.59. The van der Waals surface area contributed by atoms with E-state index in [1.165, 1.54) is 6.42 Å². The molecule has 6 nitrogen and oxygen atoms in total. The number of likely N-dealkylation sites (tertiary alicyclic amines) is 1. The predicted molar refractivity (Wildman–Crippen MR) is 106 cm³/mol. The Bertz CT molecular complexity index is 661. The van der Waals surface area contributed by atoms with Crippen LogP contribution in [0.15, 0.2) is 18.2 Å². The molecular formula is C21H31F2N3O3. The van der Waals surface area contributed by atoms with Crippen LogP contribution >= 0.6 is 0 Å². The van der Waals surface area contributed by atoms with Crippen molar-refractivity contribution in [3.05, 3.63) is 23.8 Å². The molecule has 0 aliphatic carbocycles. The summed E-state index contributed by atoms with van der Waals surface area (Å²) in [4.78, 5) is 19.0. The molecule has 29 heavy (non-hydrogen) atoms. The van der Waals surface area contributed by atoms with Crippen LogP contribution in [0.2, 0.25) is 0 Å². The number of piperidine rings is 1. The van der Waals surface area contributed by atoms with Gasteiger partial charge in [0.25, 0.3) is 0 Å². The highest BCUT2D eigenvalue weighted by atomic mass is 19.3. The molecule has 0 aromatic heterocycles. The highest BCUT2D eigenvalue weighted by molar-refractivity contribution is 5.78. The van der Waals surface area contributed by atoms with E-state index in [4.69, 9.17) is 4.74 Å². The summed E-state index contributed by atoms with van der Waals surface area (Å²) in [6, 6.07) is 5.11. The molecule has 8 heteroatoms. The molecule has 1 aromatic carbocycles. The summed E-state index contributed by atoms with van der Waals surface area (Å²) in [5, 5.41) is 0. The zero-order valence-electron chi connectivity index (χ0n) is 17.1. The summed E-state index contributed by atoms with van der Waals surface area (Å²) >= 11 is 0. The van der Waals surface area contributed by atoms with Gasteiger partial charge in [-0.05, 0) is 43.9 Å². The average molecular weight is 411 g/mol. The Morgan fingerprint density at radius 3 is 2.34 bits per heavy atom. The molecule has 0 unspecified atom stereocenters. The van der Waals surface area contributed by atoms with Gasteiger partial charge in [-0.3, -0.25) is 14.6 Å². The van der Waals surface area contributed by atoms with E-state index in [1.807, 2.05) is 11.8 Å². The Hall–Kier alpha value is -1.93. The van der Waals surface area contributed by atoms with Gasteiger partial charge in [0.1, 0.15) is 0 Å². The summed E-state index contributed by atoms with van der Waals surface area (Å²) in [5.41, 5.74) is 0.993. The van der Waals surface area contributed by atoms with Crippen LogP contribution in [0, 0.1) is 0 Å². The highest BCUT2D eigenvalue weighted by Gasteiger charge is 2.23. The van der Waals surface area contributed by atoms with Crippen LogP contribution in [-0.4, -0.2) is 79.6 Å². The first-order chi connectivity index (χ1) is 14.0. The number of hydrogen-bond donors (Lipinski definition) is 0. The Balaban J connectivity index is 1.48. The third-order valence-corrected chi connectivity index (χ3v) is 5.46. The van der Waals surface area contributed by atoms with Crippen LogP contribution in [0.4, 0.5) is 8.78 Å². The fourth-order valence-corrected chi connectivity index (χ4v) is 3.91. The second-order valence-corrected chi connectivity index (χ2v) is 7.59. The van der Waals surface area contributed by atoms with Crippen LogP contribution < -0.4 is 9.47 Å². The number of piperazine rings is 1. The van der Waals surface area contributed by atoms with E-state index >= 15 is 0 Å². The summed E-state index contributed by atoms with van der Waals surface area (Å²) in [6.07, 6.45) is 3.46. The first-order valence-corrected chi connectivity index (χ1v) is 10.5. The van der Waals surface area contributed by atoms with Crippen molar-refractivity contribution < 1.29 is 23.0 Å². The number of alkyl halides is 2. The monoisotopic (exact) mass is 411 g/mol. The number of amides is 1. The molecule has 0 radical (unpaired) electrons. The van der Waals surface area contributed by atoms with Crippen molar-refractivity contribution in [2.75, 3.05) is 52.4 Å². The van der Waals surface area contributed by atoms with Crippen LogP contribution in [0.3, 0.4) is 0 Å². The van der Waals surface area contributed by atoms with Crippen LogP contribution in [0.5, 0.6) is 11.5 Å². The number of carbonyl (C=O) groups is 1. The third-order valence-electron chi connectivity index (χ3n) is 5.46. The molecule has 0 saturated carbocycles. The Labute approximate surface area is 171 Å². The molecule has 1 aromatic rings. The van der Waals surface area contributed by atoms with E-state index in [0.29, 0.717) is 25.4 Å². The largest absolute Gasteiger partial charge is 0.490 e. The van der Waals surface area contributed by atoms with Gasteiger partial charge >= 0.3 is 6.61 Å². The lowest BCUT2D eigenvalue weighted by Gasteiger charge is -2.36. The zero-order valence-corrected chi connectivity index (χ0v) is 17.1. The molecule has 2 fully saturated rings. The summed E-state index contributed by atoms with van der Waals surface area (Å²) < 4.78 is 35.1. The maximum atomic E-state index is 12.5. The van der Waals surface area contributed by atoms with Crippen LogP contribution in [0.1, 0.15) is 31.7 Å². The molecular weight excluding hydrogens is 380 g/mol. The van der Waals surface area contributed by atoms with Crippen molar-refractivity contribution in [1.82, 2.24) is 14.7 Å². The fourth-order valence-electron chi connectivity index (χ4n) is 3.91. The molecule has 2 saturated heterocycles. The van der Waals surface area contributed by atoms with Gasteiger partial charge in [0.15, 0.2) is 11.5 Å². The highest BCUT2D eigenvalue weighted by Crippen LogP contribution is 2.30. The smallest absolute Gasteiger partial charge is 0.387 e. The number of rotatable bonds is 8. The van der Waals surface area contributed by atoms with Gasteiger partial charge in [0, 0.05) is 45.8 Å². The number of hydrogen-bond acceptors (Lipinski definition) is 5. The summed E-state index contributed by atoms with van der Waals surface area (Å²) in [5.74, 6) is 0.650. The third kappa shape index (κ3) is 6.54. The minimum atomic E-state index is -2.87. The molecule has 0 spiro atoms. The van der Waals surface area contributed by atoms with Gasteiger partial charge in [-0.15, -0.1) is 0 Å². The molecule has 2 heterocycles. The minimum absolute atomic E-state index is 0.0617. The van der Waals surface area contributed by atoms with Crippen molar-refractivity contribution in [3.63, 3.8) is 0 Å². The van der Waals surface area contributed by atoms with E-state index in [1.54, 1.807) is 18.2 Å². The van der Waals surface area contributed by atoms with Crippen molar-refractivity contribution in [2.45, 2.75) is 39.3 Å². The van der Waals surface area contributed by atoms with Crippen LogP contribution in [-0.2, 0) is 11.3 Å². The van der Waals surface area contributed by atoms with Crippen molar-refractivity contribution >= 4 is 5.91 Å². The molecule has 2 aliphatic rings. The lowest BCUT2D eigenvalue weighted by molar-refractivity contribution is -0.133. The maximum Gasteiger partial charge on any atom is 0.387 e. The number of benzene rings is 1. The predicted octanol–water partition coefficient (Wildman–Crippen LogP) is 2.82. The fraction of sp³-hybridized carbons (Fsp3) is 0.667. The molecule has 0 bridgehead atoms. The summed E-state index contributed by atoms with van der Waals surface area (Å²) in [6.45, 7) is 5.76. The molecule has 0 N–H and O–H groups in total. The first-order valence-electron chi connectivity index (χ1n) is 10.5. The SMILES string of the molecule is CCOc1cc(CN2CCN(CC(=O)N3CCCCC3)CC2)ccc1OC(F)F. The van der Waals surface area contributed by atoms with Gasteiger partial charge in [0.2, 0.25) is 5.91 Å². The van der Waals surface area contributed by atoms with Gasteiger partial charge in [0.05, 0.1) is 13.2 Å². The molecule has 162 valence electrons. The van der Waals surface area contributed by atoms with E-state index in [9.17, 15) is 13.6 Å². The normalized spacial score (nSPS) is 18.8. The van der Waals surface area contributed by atoms with Gasteiger partial charge < -0.3 is 14.4 Å². The first kappa shape index (κ1) is 21.8. The van der Waals surface area contributed by atoms with Gasteiger partial charge in [-0.25, -0.2) is 0 Å². The Morgan fingerprint density at radius 2 is 1.69 bits per heavy atom. The molecule has 1 amide bonds. The van der Waals surface area contributed by atoms with Crippen molar-refractivity contribution in [1.29, 1.82) is 0 Å². The van der Waals surface area contributed by atoms with E-state index in [0.717, 1.165) is 57.7 Å². The maximum absolute atomic E-state index is 12.5. The van der Waals surface area contributed by atoms with E-state index in [-0.39, 0.29) is 11.7 Å². The standard InChI is InChI=1S/C21H31F2N3O3/c1-2-28-19-14-17(6-7-18(19)29-21(22)23)15-24-10-12-25(13-11-24)16-20(27)26-8-4-3-5-9-26/h6-7,14,21H,2-5,8-13,15-16H2,1H3. The molecule has 3 rings (SSSR count). The van der Waals surface area contributed by atoms with E-state index < -0.39 is 6.61 Å². The number of nitrogens with zero attached hydrogens (tertiary/aromatic N) is 3. The zero-order chi connectivity index (χ0) is 20.6. The quantitative estimate of drug-likeness (QED) is 0.658. The second kappa shape index (κ2) is 10.7. The van der Waals surface area contributed by atoms with Crippen molar-refractivity contribution in [2.24, 2.45) is 0 Å².